The van der Waals surface area contributed by atoms with Crippen molar-refractivity contribution in [2.45, 2.75) is 39.2 Å². The van der Waals surface area contributed by atoms with Gasteiger partial charge in [-0.3, -0.25) is 14.5 Å². The molecule has 158 valence electrons. The van der Waals surface area contributed by atoms with E-state index in [2.05, 4.69) is 27.5 Å². The Morgan fingerprint density at radius 3 is 2.72 bits per heavy atom. The Bertz CT molecular complexity index is 838. The summed E-state index contributed by atoms with van der Waals surface area (Å²) in [6.07, 6.45) is 3.89. The van der Waals surface area contributed by atoms with E-state index >= 15 is 0 Å². The van der Waals surface area contributed by atoms with E-state index in [0.29, 0.717) is 24.3 Å². The quantitative estimate of drug-likeness (QED) is 0.613. The van der Waals surface area contributed by atoms with Crippen molar-refractivity contribution in [3.63, 3.8) is 0 Å². The predicted octanol–water partition coefficient (Wildman–Crippen LogP) is 3.24. The molecule has 29 heavy (non-hydrogen) atoms. The molecular weight excluding hydrogens is 386 g/mol. The lowest BCUT2D eigenvalue weighted by Gasteiger charge is -2.28. The Labute approximate surface area is 177 Å². The molecule has 0 saturated carbocycles. The summed E-state index contributed by atoms with van der Waals surface area (Å²) in [6, 6.07) is 7.73. The predicted molar refractivity (Wildman–Crippen MR) is 116 cm³/mol. The highest BCUT2D eigenvalue weighted by Gasteiger charge is 2.16. The highest BCUT2D eigenvalue weighted by molar-refractivity contribution is 7.71. The van der Waals surface area contributed by atoms with E-state index < -0.39 is 0 Å². The molecule has 0 radical (unpaired) electrons. The fourth-order valence-electron chi connectivity index (χ4n) is 3.68. The summed E-state index contributed by atoms with van der Waals surface area (Å²) in [6.45, 7) is 6.15. The first-order valence-corrected chi connectivity index (χ1v) is 10.8. The third kappa shape index (κ3) is 6.14. The van der Waals surface area contributed by atoms with Gasteiger partial charge in [-0.2, -0.15) is 5.10 Å². The number of nitrogens with one attached hydrogen (secondary N) is 2. The lowest BCUT2D eigenvalue weighted by Crippen LogP contribution is -2.32. The lowest BCUT2D eigenvalue weighted by atomic mass is 9.94. The Morgan fingerprint density at radius 1 is 1.31 bits per heavy atom. The van der Waals surface area contributed by atoms with Gasteiger partial charge in [0.05, 0.1) is 6.61 Å². The zero-order valence-corrected chi connectivity index (χ0v) is 18.1. The van der Waals surface area contributed by atoms with Gasteiger partial charge in [-0.15, -0.1) is 0 Å². The van der Waals surface area contributed by atoms with Gasteiger partial charge in [-0.1, -0.05) is 0 Å². The van der Waals surface area contributed by atoms with Gasteiger partial charge in [0.2, 0.25) is 5.91 Å². The Kier molecular flexibility index (Phi) is 7.83. The Morgan fingerprint density at radius 2 is 2.03 bits per heavy atom. The second-order valence-corrected chi connectivity index (χ2v) is 7.98. The summed E-state index contributed by atoms with van der Waals surface area (Å²) in [5, 5.41) is 10.2. The normalized spacial score (nSPS) is 15.4. The number of aromatic nitrogens is 3. The zero-order valence-electron chi connectivity index (χ0n) is 17.3. The maximum Gasteiger partial charge on any atom is 0.221 e. The van der Waals surface area contributed by atoms with Crippen molar-refractivity contribution >= 4 is 18.1 Å². The molecule has 1 aromatic heterocycles. The zero-order chi connectivity index (χ0) is 20.6. The van der Waals surface area contributed by atoms with Gasteiger partial charge in [-0.25, -0.2) is 0 Å². The number of piperidine rings is 1. The number of hydrogen-bond acceptors (Lipinski definition) is 5. The standard InChI is InChI=1S/C21H31N5O2S/c1-3-28-18-6-4-17(5-7-18)20-23-24-21(29)26(20)15-11-19(27)22-12-8-16-9-13-25(2)14-10-16/h4-7,16H,3,8-15H2,1-2H3,(H,22,27)(H,24,29). The van der Waals surface area contributed by atoms with E-state index in [-0.39, 0.29) is 5.91 Å². The SMILES string of the molecule is CCOc1ccc(-c2n[nH]c(=S)n2CCC(=O)NCCC2CCN(C)CC2)cc1. The average molecular weight is 418 g/mol. The number of hydrogen-bond donors (Lipinski definition) is 2. The molecule has 1 aliphatic heterocycles. The van der Waals surface area contributed by atoms with Crippen molar-refractivity contribution < 1.29 is 9.53 Å². The van der Waals surface area contributed by atoms with Crippen molar-refractivity contribution in [2.24, 2.45) is 5.92 Å². The molecule has 0 spiro atoms. The van der Waals surface area contributed by atoms with Crippen LogP contribution in [0.15, 0.2) is 24.3 Å². The fourth-order valence-corrected chi connectivity index (χ4v) is 3.90. The smallest absolute Gasteiger partial charge is 0.221 e. The topological polar surface area (TPSA) is 75.2 Å². The van der Waals surface area contributed by atoms with Crippen molar-refractivity contribution in [3.8, 4) is 17.1 Å². The van der Waals surface area contributed by atoms with E-state index in [9.17, 15) is 4.79 Å². The minimum absolute atomic E-state index is 0.0543. The second kappa shape index (κ2) is 10.5. The molecular formula is C21H31N5O2S. The highest BCUT2D eigenvalue weighted by Crippen LogP contribution is 2.21. The number of likely N-dealkylation sites (tertiary alicyclic amines) is 1. The van der Waals surface area contributed by atoms with Crippen LogP contribution < -0.4 is 10.1 Å². The van der Waals surface area contributed by atoms with Crippen LogP contribution in [0.2, 0.25) is 0 Å². The number of carbonyl (C=O) groups is 1. The summed E-state index contributed by atoms with van der Waals surface area (Å²) in [4.78, 5) is 14.7. The van der Waals surface area contributed by atoms with Crippen LogP contribution in [0.4, 0.5) is 0 Å². The monoisotopic (exact) mass is 417 g/mol. The molecule has 2 aromatic rings. The van der Waals surface area contributed by atoms with Crippen LogP contribution in [0.25, 0.3) is 11.4 Å². The molecule has 0 bridgehead atoms. The van der Waals surface area contributed by atoms with E-state index in [4.69, 9.17) is 17.0 Å². The molecule has 3 rings (SSSR count). The molecule has 1 amide bonds. The first kappa shape index (κ1) is 21.5. The van der Waals surface area contributed by atoms with Gasteiger partial charge in [0.1, 0.15) is 5.75 Å². The van der Waals surface area contributed by atoms with Gasteiger partial charge in [-0.05, 0) is 88.7 Å². The Hall–Kier alpha value is -2.19. The molecule has 7 nitrogen and oxygen atoms in total. The van der Waals surface area contributed by atoms with E-state index in [1.165, 1.54) is 12.8 Å². The highest BCUT2D eigenvalue weighted by atomic mass is 32.1. The third-order valence-corrected chi connectivity index (χ3v) is 5.77. The van der Waals surface area contributed by atoms with Crippen LogP contribution in [0.5, 0.6) is 5.75 Å². The summed E-state index contributed by atoms with van der Waals surface area (Å²) in [5.74, 6) is 2.33. The molecule has 1 fully saturated rings. The van der Waals surface area contributed by atoms with Gasteiger partial charge in [0.15, 0.2) is 10.6 Å². The molecule has 1 aliphatic rings. The minimum atomic E-state index is 0.0543. The van der Waals surface area contributed by atoms with Crippen molar-refractivity contribution in [1.82, 2.24) is 25.0 Å². The van der Waals surface area contributed by atoms with Gasteiger partial charge < -0.3 is 15.0 Å². The van der Waals surface area contributed by atoms with E-state index in [0.717, 1.165) is 49.1 Å². The minimum Gasteiger partial charge on any atom is -0.494 e. The average Bonchev–Trinajstić information content (AvgIpc) is 3.09. The number of benzene rings is 1. The van der Waals surface area contributed by atoms with E-state index in [1.54, 1.807) is 0 Å². The molecule has 0 atom stereocenters. The number of nitrogens with zero attached hydrogens (tertiary/aromatic N) is 3. The van der Waals surface area contributed by atoms with Crippen molar-refractivity contribution in [1.29, 1.82) is 0 Å². The number of rotatable bonds is 9. The first-order chi connectivity index (χ1) is 14.1. The molecule has 1 aromatic carbocycles. The fraction of sp³-hybridized carbons (Fsp3) is 0.571. The van der Waals surface area contributed by atoms with Gasteiger partial charge in [0.25, 0.3) is 0 Å². The largest absolute Gasteiger partial charge is 0.494 e. The summed E-state index contributed by atoms with van der Waals surface area (Å²) in [7, 11) is 2.17. The molecule has 0 unspecified atom stereocenters. The summed E-state index contributed by atoms with van der Waals surface area (Å²) >= 11 is 5.36. The maximum atomic E-state index is 12.3. The first-order valence-electron chi connectivity index (χ1n) is 10.4. The van der Waals surface area contributed by atoms with Crippen LogP contribution in [-0.2, 0) is 11.3 Å². The van der Waals surface area contributed by atoms with Crippen LogP contribution in [0.3, 0.4) is 0 Å². The number of carbonyl (C=O) groups excluding carboxylic acids is 1. The Balaban J connectivity index is 1.49. The molecule has 8 heteroatoms. The molecule has 2 heterocycles. The lowest BCUT2D eigenvalue weighted by molar-refractivity contribution is -0.121. The molecule has 2 N–H and O–H groups in total. The number of aromatic amines is 1. The van der Waals surface area contributed by atoms with Gasteiger partial charge in [0, 0.05) is 25.1 Å². The maximum absolute atomic E-state index is 12.3. The third-order valence-electron chi connectivity index (χ3n) is 5.46. The van der Waals surface area contributed by atoms with Gasteiger partial charge >= 0.3 is 0 Å². The summed E-state index contributed by atoms with van der Waals surface area (Å²) in [5.41, 5.74) is 0.934. The number of ether oxygens (including phenoxy) is 1. The number of amides is 1. The van der Waals surface area contributed by atoms with E-state index in [1.807, 2.05) is 35.8 Å². The van der Waals surface area contributed by atoms with Crippen LogP contribution in [0, 0.1) is 10.7 Å². The van der Waals surface area contributed by atoms with Crippen molar-refractivity contribution in [3.05, 3.63) is 29.0 Å². The molecule has 0 aliphatic carbocycles. The van der Waals surface area contributed by atoms with Crippen LogP contribution >= 0.6 is 12.2 Å². The summed E-state index contributed by atoms with van der Waals surface area (Å²) < 4.78 is 7.88. The second-order valence-electron chi connectivity index (χ2n) is 7.60. The molecule has 1 saturated heterocycles. The van der Waals surface area contributed by atoms with Crippen LogP contribution in [0.1, 0.15) is 32.6 Å². The number of H-pyrrole nitrogens is 1. The van der Waals surface area contributed by atoms with Crippen molar-refractivity contribution in [2.75, 3.05) is 33.3 Å². The van der Waals surface area contributed by atoms with Crippen LogP contribution in [-0.4, -0.2) is 58.9 Å².